The summed E-state index contributed by atoms with van der Waals surface area (Å²) in [7, 11) is 0. The Hall–Kier alpha value is -2.60. The summed E-state index contributed by atoms with van der Waals surface area (Å²) >= 11 is 6.22. The Bertz CT molecular complexity index is 1110. The second-order valence-corrected chi connectivity index (χ2v) is 7.79. The second-order valence-electron chi connectivity index (χ2n) is 7.38. The van der Waals surface area contributed by atoms with Crippen LogP contribution in [0.15, 0.2) is 29.1 Å². The standard InChI is InChI=1S/C21H23ClN4O2/c1-13-7-6-8-15(22)19(13)24-18(27)12-26-14(2)11-16-20(26)21(28)25-10-5-3-4-9-17(25)23-16/h6-8,11H,3-5,9-10,12H2,1-2H3,(H,24,27). The molecule has 0 spiro atoms. The maximum absolute atomic E-state index is 13.2. The van der Waals surface area contributed by atoms with Crippen LogP contribution < -0.4 is 10.9 Å². The van der Waals surface area contributed by atoms with Gasteiger partial charge < -0.3 is 9.88 Å². The van der Waals surface area contributed by atoms with Crippen LogP contribution in [0.3, 0.4) is 0 Å². The van der Waals surface area contributed by atoms with Crippen LogP contribution in [0.1, 0.15) is 36.3 Å². The van der Waals surface area contributed by atoms with Crippen LogP contribution in [0.4, 0.5) is 5.69 Å². The number of nitrogens with one attached hydrogen (secondary N) is 1. The lowest BCUT2D eigenvalue weighted by Crippen LogP contribution is -2.28. The first-order valence-electron chi connectivity index (χ1n) is 9.60. The third kappa shape index (κ3) is 3.33. The Morgan fingerprint density at radius 2 is 2.07 bits per heavy atom. The van der Waals surface area contributed by atoms with Crippen molar-refractivity contribution in [1.29, 1.82) is 0 Å². The molecule has 1 aliphatic rings. The highest BCUT2D eigenvalue weighted by atomic mass is 35.5. The zero-order valence-corrected chi connectivity index (χ0v) is 16.8. The third-order valence-electron chi connectivity index (χ3n) is 5.36. The predicted octanol–water partition coefficient (Wildman–Crippen LogP) is 3.83. The van der Waals surface area contributed by atoms with E-state index in [9.17, 15) is 9.59 Å². The van der Waals surface area contributed by atoms with Crippen molar-refractivity contribution in [2.75, 3.05) is 5.32 Å². The molecule has 6 nitrogen and oxygen atoms in total. The first kappa shape index (κ1) is 18.7. The Morgan fingerprint density at radius 3 is 2.86 bits per heavy atom. The van der Waals surface area contributed by atoms with Gasteiger partial charge in [-0.25, -0.2) is 4.98 Å². The number of nitrogens with zero attached hydrogens (tertiary/aromatic N) is 3. The number of rotatable bonds is 3. The summed E-state index contributed by atoms with van der Waals surface area (Å²) in [6.45, 7) is 4.51. The minimum absolute atomic E-state index is 0.0380. The maximum Gasteiger partial charge on any atom is 0.278 e. The van der Waals surface area contributed by atoms with E-state index >= 15 is 0 Å². The van der Waals surface area contributed by atoms with Gasteiger partial charge in [-0.15, -0.1) is 0 Å². The molecule has 28 heavy (non-hydrogen) atoms. The zero-order valence-electron chi connectivity index (χ0n) is 16.1. The van der Waals surface area contributed by atoms with Crippen LogP contribution in [0.25, 0.3) is 11.0 Å². The van der Waals surface area contributed by atoms with E-state index in [-0.39, 0.29) is 18.0 Å². The van der Waals surface area contributed by atoms with Crippen molar-refractivity contribution >= 4 is 34.2 Å². The van der Waals surface area contributed by atoms with Crippen LogP contribution in [0.5, 0.6) is 0 Å². The van der Waals surface area contributed by atoms with Crippen molar-refractivity contribution in [3.63, 3.8) is 0 Å². The summed E-state index contributed by atoms with van der Waals surface area (Å²) < 4.78 is 3.53. The van der Waals surface area contributed by atoms with Crippen LogP contribution in [0, 0.1) is 13.8 Å². The van der Waals surface area contributed by atoms with Gasteiger partial charge in [0.2, 0.25) is 5.91 Å². The highest BCUT2D eigenvalue weighted by molar-refractivity contribution is 6.33. The molecule has 146 valence electrons. The highest BCUT2D eigenvalue weighted by Gasteiger charge is 2.19. The first-order chi connectivity index (χ1) is 13.5. The lowest BCUT2D eigenvalue weighted by molar-refractivity contribution is -0.116. The van der Waals surface area contributed by atoms with Gasteiger partial charge in [0.1, 0.15) is 17.9 Å². The molecule has 1 aromatic carbocycles. The molecule has 0 atom stereocenters. The lowest BCUT2D eigenvalue weighted by atomic mass is 10.2. The fourth-order valence-corrected chi connectivity index (χ4v) is 4.15. The number of fused-ring (bicyclic) bond motifs is 2. The molecule has 0 fully saturated rings. The fourth-order valence-electron chi connectivity index (χ4n) is 3.88. The van der Waals surface area contributed by atoms with Crippen molar-refractivity contribution in [1.82, 2.24) is 14.1 Å². The summed E-state index contributed by atoms with van der Waals surface area (Å²) in [4.78, 5) is 30.6. The van der Waals surface area contributed by atoms with E-state index in [4.69, 9.17) is 16.6 Å². The topological polar surface area (TPSA) is 68.9 Å². The predicted molar refractivity (Wildman–Crippen MR) is 111 cm³/mol. The molecule has 0 aliphatic carbocycles. The molecule has 4 rings (SSSR count). The average Bonchev–Trinajstić information content (AvgIpc) is 2.82. The number of benzene rings is 1. The average molecular weight is 399 g/mol. The van der Waals surface area contributed by atoms with Gasteiger partial charge in [0.25, 0.3) is 5.56 Å². The molecular weight excluding hydrogens is 376 g/mol. The van der Waals surface area contributed by atoms with Crippen LogP contribution >= 0.6 is 11.6 Å². The molecular formula is C21H23ClN4O2. The van der Waals surface area contributed by atoms with Crippen molar-refractivity contribution in [2.24, 2.45) is 0 Å². The highest BCUT2D eigenvalue weighted by Crippen LogP contribution is 2.25. The Morgan fingerprint density at radius 1 is 1.25 bits per heavy atom. The summed E-state index contributed by atoms with van der Waals surface area (Å²) in [5.41, 5.74) is 3.43. The Labute approximate surface area is 168 Å². The number of carbonyl (C=O) groups is 1. The number of hydrogen-bond acceptors (Lipinski definition) is 3. The minimum atomic E-state index is -0.226. The molecule has 0 unspecified atom stereocenters. The quantitative estimate of drug-likeness (QED) is 0.728. The number of aromatic nitrogens is 3. The monoisotopic (exact) mass is 398 g/mol. The molecule has 3 heterocycles. The minimum Gasteiger partial charge on any atom is -0.330 e. The van der Waals surface area contributed by atoms with Crippen molar-refractivity contribution in [2.45, 2.75) is 52.6 Å². The summed E-state index contributed by atoms with van der Waals surface area (Å²) in [5, 5.41) is 3.37. The van der Waals surface area contributed by atoms with E-state index < -0.39 is 0 Å². The van der Waals surface area contributed by atoms with Gasteiger partial charge >= 0.3 is 0 Å². The lowest BCUT2D eigenvalue weighted by Gasteiger charge is -2.13. The van der Waals surface area contributed by atoms with E-state index in [0.717, 1.165) is 42.8 Å². The molecule has 7 heteroatoms. The van der Waals surface area contributed by atoms with E-state index in [1.54, 1.807) is 15.2 Å². The van der Waals surface area contributed by atoms with Gasteiger partial charge in [0.15, 0.2) is 0 Å². The number of carbonyl (C=O) groups excluding carboxylic acids is 1. The molecule has 3 aromatic rings. The smallest absolute Gasteiger partial charge is 0.278 e. The number of aryl methyl sites for hydroxylation is 3. The van der Waals surface area contributed by atoms with Crippen molar-refractivity contribution < 1.29 is 4.79 Å². The van der Waals surface area contributed by atoms with E-state index in [2.05, 4.69) is 5.32 Å². The third-order valence-corrected chi connectivity index (χ3v) is 5.68. The molecule has 1 aliphatic heterocycles. The largest absolute Gasteiger partial charge is 0.330 e. The van der Waals surface area contributed by atoms with Crippen molar-refractivity contribution in [3.05, 3.63) is 56.7 Å². The summed E-state index contributed by atoms with van der Waals surface area (Å²) in [5.74, 6) is 0.624. The molecule has 0 bridgehead atoms. The molecule has 1 N–H and O–H groups in total. The second kappa shape index (κ2) is 7.43. The summed E-state index contributed by atoms with van der Waals surface area (Å²) in [6.07, 6.45) is 3.95. The Kier molecular flexibility index (Phi) is 4.98. The van der Waals surface area contributed by atoms with Gasteiger partial charge in [0.05, 0.1) is 16.2 Å². The molecule has 0 radical (unpaired) electrons. The van der Waals surface area contributed by atoms with Gasteiger partial charge in [-0.1, -0.05) is 30.2 Å². The molecule has 0 saturated heterocycles. The van der Waals surface area contributed by atoms with Crippen LogP contribution in [0.2, 0.25) is 5.02 Å². The van der Waals surface area contributed by atoms with E-state index in [1.165, 1.54) is 0 Å². The van der Waals surface area contributed by atoms with Gasteiger partial charge in [-0.2, -0.15) is 0 Å². The zero-order chi connectivity index (χ0) is 19.8. The molecule has 2 aromatic heterocycles. The number of halogens is 1. The number of para-hydroxylation sites is 1. The van der Waals surface area contributed by atoms with E-state index in [0.29, 0.717) is 28.3 Å². The maximum atomic E-state index is 13.2. The molecule has 0 saturated carbocycles. The van der Waals surface area contributed by atoms with Gasteiger partial charge in [-0.3, -0.25) is 14.2 Å². The van der Waals surface area contributed by atoms with E-state index in [1.807, 2.05) is 32.0 Å². The van der Waals surface area contributed by atoms with Crippen LogP contribution in [-0.4, -0.2) is 20.0 Å². The normalized spacial score (nSPS) is 14.0. The SMILES string of the molecule is Cc1cccc(Cl)c1NC(=O)Cn1c(C)cc2nc3n(c(=O)c21)CCCCC3. The van der Waals surface area contributed by atoms with Crippen molar-refractivity contribution in [3.8, 4) is 0 Å². The first-order valence-corrected chi connectivity index (χ1v) is 9.98. The Balaban J connectivity index is 1.71. The summed E-state index contributed by atoms with van der Waals surface area (Å²) in [6, 6.07) is 7.36. The number of anilines is 1. The van der Waals surface area contributed by atoms with Gasteiger partial charge in [0, 0.05) is 18.7 Å². The van der Waals surface area contributed by atoms with Crippen LogP contribution in [-0.2, 0) is 24.3 Å². The fraction of sp³-hybridized carbons (Fsp3) is 0.381. The number of amides is 1. The number of hydrogen-bond donors (Lipinski definition) is 1. The molecule has 1 amide bonds. The van der Waals surface area contributed by atoms with Gasteiger partial charge in [-0.05, 0) is 44.4 Å².